The van der Waals surface area contributed by atoms with Gasteiger partial charge >= 0.3 is 0 Å². The van der Waals surface area contributed by atoms with Gasteiger partial charge in [-0.05, 0) is 30.5 Å². The molecule has 0 atom stereocenters. The number of hydrogen-bond acceptors (Lipinski definition) is 1. The maximum absolute atomic E-state index is 3.92. The lowest BCUT2D eigenvalue weighted by Gasteiger charge is -2.25. The average Bonchev–Trinajstić information content (AvgIpc) is 2.96. The van der Waals surface area contributed by atoms with Crippen LogP contribution in [0.2, 0.25) is 0 Å². The van der Waals surface area contributed by atoms with E-state index in [-0.39, 0.29) is 0 Å². The second-order valence-electron chi connectivity index (χ2n) is 12.3. The van der Waals surface area contributed by atoms with Gasteiger partial charge in [-0.2, -0.15) is 0 Å². The fourth-order valence-corrected chi connectivity index (χ4v) is 5.83. The van der Waals surface area contributed by atoms with Crippen molar-refractivity contribution in [3.8, 4) is 0 Å². The number of hydrogen-bond donors (Lipinski definition) is 0. The molecule has 0 unspecified atom stereocenters. The van der Waals surface area contributed by atoms with Gasteiger partial charge in [-0.3, -0.25) is 0 Å². The van der Waals surface area contributed by atoms with E-state index in [0.717, 1.165) is 0 Å². The lowest BCUT2D eigenvalue weighted by Crippen LogP contribution is -2.25. The maximum atomic E-state index is 3.92. The molecule has 0 spiro atoms. The third-order valence-electron chi connectivity index (χ3n) is 8.56. The van der Waals surface area contributed by atoms with Crippen molar-refractivity contribution in [2.75, 3.05) is 18.0 Å². The lowest BCUT2D eigenvalue weighted by atomic mass is 10.0. The summed E-state index contributed by atoms with van der Waals surface area (Å²) in [5.74, 6) is 0. The van der Waals surface area contributed by atoms with Gasteiger partial charge in [0.15, 0.2) is 0 Å². The molecule has 0 saturated heterocycles. The monoisotopic (exact) mass is 540 g/mol. The van der Waals surface area contributed by atoms with Crippen molar-refractivity contribution in [1.29, 1.82) is 0 Å². The maximum Gasteiger partial charge on any atom is 0.0366 e. The molecule has 0 aromatic heterocycles. The number of nitrogens with zero attached hydrogens (tertiary/aromatic N) is 1. The van der Waals surface area contributed by atoms with Crippen molar-refractivity contribution in [3.63, 3.8) is 0 Å². The highest BCUT2D eigenvalue weighted by Crippen LogP contribution is 2.20. The van der Waals surface area contributed by atoms with Gasteiger partial charge in [0, 0.05) is 18.8 Å². The number of unbranched alkanes of at least 4 members (excludes halogenated alkanes) is 24. The van der Waals surface area contributed by atoms with Crippen LogP contribution in [0.1, 0.15) is 186 Å². The SMILES string of the molecule is C=Cc1ccc(N(CCCCCCCCCCCCCCC)CCCCCCCCCCCCCCC)cc1. The fourth-order valence-electron chi connectivity index (χ4n) is 5.83. The molecule has 0 aliphatic rings. The predicted octanol–water partition coefficient (Wildman–Crippen LogP) is 13.3. The van der Waals surface area contributed by atoms with Gasteiger partial charge in [-0.25, -0.2) is 0 Å². The molecule has 0 aliphatic carbocycles. The van der Waals surface area contributed by atoms with E-state index in [0.29, 0.717) is 0 Å². The zero-order valence-electron chi connectivity index (χ0n) is 26.8. The van der Waals surface area contributed by atoms with E-state index < -0.39 is 0 Å². The van der Waals surface area contributed by atoms with Gasteiger partial charge in [-0.15, -0.1) is 0 Å². The molecule has 39 heavy (non-hydrogen) atoms. The Kier molecular flexibility index (Phi) is 26.0. The zero-order valence-corrected chi connectivity index (χ0v) is 26.8. The minimum Gasteiger partial charge on any atom is -0.372 e. The van der Waals surface area contributed by atoms with Crippen LogP contribution in [0.4, 0.5) is 5.69 Å². The van der Waals surface area contributed by atoms with Crippen LogP contribution in [0.15, 0.2) is 30.8 Å². The summed E-state index contributed by atoms with van der Waals surface area (Å²) in [6.07, 6.45) is 39.0. The van der Waals surface area contributed by atoms with E-state index in [1.165, 1.54) is 191 Å². The van der Waals surface area contributed by atoms with Crippen molar-refractivity contribution >= 4 is 11.8 Å². The highest BCUT2D eigenvalue weighted by Gasteiger charge is 2.06. The van der Waals surface area contributed by atoms with Crippen LogP contribution >= 0.6 is 0 Å². The highest BCUT2D eigenvalue weighted by molar-refractivity contribution is 5.54. The van der Waals surface area contributed by atoms with Crippen LogP contribution in [0.3, 0.4) is 0 Å². The smallest absolute Gasteiger partial charge is 0.0366 e. The molecule has 0 fully saturated rings. The largest absolute Gasteiger partial charge is 0.372 e. The molecule has 1 aromatic rings. The first-order chi connectivity index (χ1) is 19.3. The molecule has 1 aromatic carbocycles. The van der Waals surface area contributed by atoms with Crippen LogP contribution in [0.25, 0.3) is 6.08 Å². The molecule has 0 heterocycles. The third kappa shape index (κ3) is 22.2. The van der Waals surface area contributed by atoms with Crippen molar-refractivity contribution in [2.24, 2.45) is 0 Å². The Labute approximate surface area is 246 Å². The second-order valence-corrected chi connectivity index (χ2v) is 12.3. The van der Waals surface area contributed by atoms with Crippen LogP contribution < -0.4 is 4.90 Å². The molecule has 0 saturated carbocycles. The summed E-state index contributed by atoms with van der Waals surface area (Å²) in [6.45, 7) is 11.0. The Balaban J connectivity index is 2.13. The van der Waals surface area contributed by atoms with E-state index in [1.807, 2.05) is 6.08 Å². The Morgan fingerprint density at radius 3 is 1.00 bits per heavy atom. The van der Waals surface area contributed by atoms with Crippen LogP contribution in [0.5, 0.6) is 0 Å². The normalized spacial score (nSPS) is 11.2. The minimum atomic E-state index is 1.21. The minimum absolute atomic E-state index is 1.21. The summed E-state index contributed by atoms with van der Waals surface area (Å²) in [4.78, 5) is 2.66. The Morgan fingerprint density at radius 1 is 0.436 bits per heavy atom. The van der Waals surface area contributed by atoms with E-state index in [1.54, 1.807) is 0 Å². The number of benzene rings is 1. The Hall–Kier alpha value is -1.24. The standard InChI is InChI=1S/C38H69N/c1-4-7-9-11-13-15-17-19-21-23-25-27-29-35-39(38-33-31-37(6-3)32-34-38)36-30-28-26-24-22-20-18-16-14-12-10-8-5-2/h6,31-34H,3-5,7-30,35-36H2,1-2H3. The van der Waals surface area contributed by atoms with Crippen LogP contribution in [-0.4, -0.2) is 13.1 Å². The molecule has 1 heteroatoms. The summed E-state index contributed by atoms with van der Waals surface area (Å²) in [7, 11) is 0. The summed E-state index contributed by atoms with van der Waals surface area (Å²) in [5.41, 5.74) is 2.62. The molecule has 226 valence electrons. The molecule has 1 rings (SSSR count). The van der Waals surface area contributed by atoms with Gasteiger partial charge in [0.05, 0.1) is 0 Å². The number of anilines is 1. The van der Waals surface area contributed by atoms with Crippen molar-refractivity contribution in [3.05, 3.63) is 36.4 Å². The van der Waals surface area contributed by atoms with Gasteiger partial charge in [0.2, 0.25) is 0 Å². The highest BCUT2D eigenvalue weighted by atomic mass is 15.1. The Morgan fingerprint density at radius 2 is 0.718 bits per heavy atom. The molecule has 0 aliphatic heterocycles. The third-order valence-corrected chi connectivity index (χ3v) is 8.56. The van der Waals surface area contributed by atoms with Crippen molar-refractivity contribution in [1.82, 2.24) is 0 Å². The van der Waals surface area contributed by atoms with Crippen molar-refractivity contribution < 1.29 is 0 Å². The quantitative estimate of drug-likeness (QED) is 0.0878. The van der Waals surface area contributed by atoms with Gasteiger partial charge in [0.25, 0.3) is 0 Å². The average molecular weight is 540 g/mol. The Bertz CT molecular complexity index is 588. The zero-order chi connectivity index (χ0) is 28.1. The van der Waals surface area contributed by atoms with Gasteiger partial charge in [0.1, 0.15) is 0 Å². The second kappa shape index (κ2) is 28.3. The van der Waals surface area contributed by atoms with E-state index >= 15 is 0 Å². The summed E-state index contributed by atoms with van der Waals surface area (Å²) < 4.78 is 0. The fraction of sp³-hybridized carbons (Fsp3) is 0.789. The van der Waals surface area contributed by atoms with Gasteiger partial charge < -0.3 is 4.90 Å². The first-order valence-corrected chi connectivity index (χ1v) is 17.8. The summed E-state index contributed by atoms with van der Waals surface area (Å²) in [6, 6.07) is 9.06. The lowest BCUT2D eigenvalue weighted by molar-refractivity contribution is 0.531. The van der Waals surface area contributed by atoms with Crippen LogP contribution in [0, 0.1) is 0 Å². The number of rotatable bonds is 30. The predicted molar refractivity (Wildman–Crippen MR) is 180 cm³/mol. The van der Waals surface area contributed by atoms with Crippen molar-refractivity contribution in [2.45, 2.75) is 181 Å². The molecule has 0 bridgehead atoms. The molecule has 1 nitrogen and oxygen atoms in total. The van der Waals surface area contributed by atoms with E-state index in [4.69, 9.17) is 0 Å². The van der Waals surface area contributed by atoms with Gasteiger partial charge in [-0.1, -0.05) is 193 Å². The first-order valence-electron chi connectivity index (χ1n) is 17.8. The topological polar surface area (TPSA) is 3.24 Å². The molecule has 0 N–H and O–H groups in total. The van der Waals surface area contributed by atoms with Crippen LogP contribution in [-0.2, 0) is 0 Å². The van der Waals surface area contributed by atoms with E-state index in [2.05, 4.69) is 49.6 Å². The molecule has 0 radical (unpaired) electrons. The molecular formula is C38H69N. The summed E-state index contributed by atoms with van der Waals surface area (Å²) >= 11 is 0. The first kappa shape index (κ1) is 35.8. The molecular weight excluding hydrogens is 470 g/mol. The summed E-state index contributed by atoms with van der Waals surface area (Å²) in [5, 5.41) is 0. The van der Waals surface area contributed by atoms with E-state index in [9.17, 15) is 0 Å². The molecule has 0 amide bonds.